The smallest absolute Gasteiger partial charge is 0.363 e. The Morgan fingerprint density at radius 1 is 1.28 bits per heavy atom. The Labute approximate surface area is 153 Å². The molecule has 0 saturated heterocycles. The second kappa shape index (κ2) is 7.64. The van der Waals surface area contributed by atoms with Gasteiger partial charge in [-0.25, -0.2) is 9.89 Å². The largest absolute Gasteiger partial charge is 0.493 e. The van der Waals surface area contributed by atoms with Gasteiger partial charge in [-0.15, -0.1) is 0 Å². The summed E-state index contributed by atoms with van der Waals surface area (Å²) in [7, 11) is 3.13. The molecule has 2 N–H and O–H groups in total. The first-order valence-corrected chi connectivity index (χ1v) is 8.24. The summed E-state index contributed by atoms with van der Waals surface area (Å²) < 4.78 is 11.3. The van der Waals surface area contributed by atoms with Crippen LogP contribution in [-0.4, -0.2) is 35.6 Å². The van der Waals surface area contributed by atoms with E-state index in [1.807, 2.05) is 26.8 Å². The lowest BCUT2D eigenvalue weighted by atomic mass is 9.92. The number of hydrogen-bond acceptors (Lipinski definition) is 7. The zero-order valence-corrected chi connectivity index (χ0v) is 16.3. The minimum absolute atomic E-state index is 0.307. The molecular weight excluding hydrogens is 390 g/mol. The molecule has 25 heavy (non-hydrogen) atoms. The zero-order chi connectivity index (χ0) is 18.6. The molecule has 0 aliphatic rings. The molecule has 9 heteroatoms. The molecule has 0 aliphatic heterocycles. The lowest BCUT2D eigenvalue weighted by Gasteiger charge is -2.18. The SMILES string of the molecule is COc1ccc(/C=N/Nc2nc(=O)[nH]nc2C(C)(C)C)c(Br)c1OC. The van der Waals surface area contributed by atoms with Gasteiger partial charge in [0.25, 0.3) is 0 Å². The molecule has 0 saturated carbocycles. The topological polar surface area (TPSA) is 101 Å². The van der Waals surface area contributed by atoms with Gasteiger partial charge < -0.3 is 9.47 Å². The van der Waals surface area contributed by atoms with E-state index in [0.29, 0.717) is 27.5 Å². The van der Waals surface area contributed by atoms with Gasteiger partial charge in [-0.1, -0.05) is 20.8 Å². The van der Waals surface area contributed by atoms with Crippen molar-refractivity contribution in [2.75, 3.05) is 19.6 Å². The van der Waals surface area contributed by atoms with E-state index in [2.05, 4.69) is 41.6 Å². The van der Waals surface area contributed by atoms with Gasteiger partial charge in [-0.2, -0.15) is 15.2 Å². The van der Waals surface area contributed by atoms with Crippen LogP contribution in [0.5, 0.6) is 11.5 Å². The Morgan fingerprint density at radius 2 is 2.00 bits per heavy atom. The van der Waals surface area contributed by atoms with Crippen molar-refractivity contribution >= 4 is 28.0 Å². The summed E-state index contributed by atoms with van der Waals surface area (Å²) >= 11 is 3.47. The number of nitrogens with zero attached hydrogens (tertiary/aromatic N) is 3. The highest BCUT2D eigenvalue weighted by Gasteiger charge is 2.21. The molecule has 0 bridgehead atoms. The molecule has 0 amide bonds. The van der Waals surface area contributed by atoms with E-state index in [1.165, 1.54) is 0 Å². The Bertz CT molecular complexity index is 843. The highest BCUT2D eigenvalue weighted by molar-refractivity contribution is 9.10. The first-order chi connectivity index (χ1) is 11.8. The summed E-state index contributed by atoms with van der Waals surface area (Å²) in [5, 5.41) is 10.6. The van der Waals surface area contributed by atoms with Gasteiger partial charge in [0.05, 0.1) is 24.9 Å². The quantitative estimate of drug-likeness (QED) is 0.581. The van der Waals surface area contributed by atoms with Crippen LogP contribution < -0.4 is 20.6 Å². The number of ether oxygens (including phenoxy) is 2. The third-order valence-corrected chi connectivity index (χ3v) is 4.12. The second-order valence-corrected chi connectivity index (χ2v) is 6.96. The number of hydrazone groups is 1. The fraction of sp³-hybridized carbons (Fsp3) is 0.375. The number of benzene rings is 1. The summed E-state index contributed by atoms with van der Waals surface area (Å²) in [6.07, 6.45) is 1.58. The molecular formula is C16H20BrN5O3. The summed E-state index contributed by atoms with van der Waals surface area (Å²) in [5.74, 6) is 1.48. The van der Waals surface area contributed by atoms with E-state index >= 15 is 0 Å². The van der Waals surface area contributed by atoms with Crippen molar-refractivity contribution in [2.45, 2.75) is 26.2 Å². The van der Waals surface area contributed by atoms with Crippen LogP contribution in [0, 0.1) is 0 Å². The molecule has 8 nitrogen and oxygen atoms in total. The lowest BCUT2D eigenvalue weighted by molar-refractivity contribution is 0.353. The van der Waals surface area contributed by atoms with Crippen LogP contribution >= 0.6 is 15.9 Å². The van der Waals surface area contributed by atoms with Gasteiger partial charge in [0, 0.05) is 11.0 Å². The van der Waals surface area contributed by atoms with E-state index in [0.717, 1.165) is 5.56 Å². The number of hydrogen-bond donors (Lipinski definition) is 2. The standard InChI is InChI=1S/C16H20BrN5O3/c1-16(2,3)13-14(19-15(23)22-20-13)21-18-8-9-6-7-10(24-4)12(25-5)11(9)17/h6-8H,1-5H3,(H2,19,21,22,23)/b18-8+. The molecule has 0 radical (unpaired) electrons. The number of methoxy groups -OCH3 is 2. The average molecular weight is 410 g/mol. The van der Waals surface area contributed by atoms with Gasteiger partial charge >= 0.3 is 5.69 Å². The maximum absolute atomic E-state index is 11.5. The van der Waals surface area contributed by atoms with Gasteiger partial charge in [0.2, 0.25) is 0 Å². The van der Waals surface area contributed by atoms with Crippen LogP contribution in [0.1, 0.15) is 32.0 Å². The van der Waals surface area contributed by atoms with Crippen molar-refractivity contribution in [1.82, 2.24) is 15.2 Å². The van der Waals surface area contributed by atoms with Crippen molar-refractivity contribution in [3.8, 4) is 11.5 Å². The van der Waals surface area contributed by atoms with E-state index in [1.54, 1.807) is 26.5 Å². The Kier molecular flexibility index (Phi) is 5.78. The van der Waals surface area contributed by atoms with Crippen LogP contribution in [0.3, 0.4) is 0 Å². The molecule has 0 unspecified atom stereocenters. The van der Waals surface area contributed by atoms with Crippen molar-refractivity contribution in [2.24, 2.45) is 5.10 Å². The molecule has 1 aromatic carbocycles. The average Bonchev–Trinajstić information content (AvgIpc) is 2.55. The van der Waals surface area contributed by atoms with Crippen LogP contribution in [-0.2, 0) is 5.41 Å². The number of rotatable bonds is 5. The third-order valence-electron chi connectivity index (χ3n) is 3.30. The van der Waals surface area contributed by atoms with Crippen molar-refractivity contribution in [3.05, 3.63) is 38.3 Å². The molecule has 0 fully saturated rings. The summed E-state index contributed by atoms with van der Waals surface area (Å²) in [6.45, 7) is 5.90. The van der Waals surface area contributed by atoms with Gasteiger partial charge in [-0.05, 0) is 28.1 Å². The number of halogens is 1. The lowest BCUT2D eigenvalue weighted by Crippen LogP contribution is -2.24. The maximum atomic E-state index is 11.5. The molecule has 2 rings (SSSR count). The summed E-state index contributed by atoms with van der Waals surface area (Å²) in [4.78, 5) is 15.4. The van der Waals surface area contributed by atoms with E-state index in [-0.39, 0.29) is 5.41 Å². The Morgan fingerprint density at radius 3 is 2.60 bits per heavy atom. The van der Waals surface area contributed by atoms with E-state index < -0.39 is 5.69 Å². The normalized spacial score (nSPS) is 11.6. The fourth-order valence-corrected chi connectivity index (χ4v) is 2.70. The zero-order valence-electron chi connectivity index (χ0n) is 14.7. The highest BCUT2D eigenvalue weighted by atomic mass is 79.9. The minimum atomic E-state index is -0.544. The first kappa shape index (κ1) is 18.9. The number of aromatic amines is 1. The highest BCUT2D eigenvalue weighted by Crippen LogP contribution is 2.36. The molecule has 2 aromatic rings. The van der Waals surface area contributed by atoms with Crippen LogP contribution in [0.15, 0.2) is 26.5 Å². The predicted octanol–water partition coefficient (Wildman–Crippen LogP) is 2.69. The van der Waals surface area contributed by atoms with Gasteiger partial charge in [0.1, 0.15) is 5.69 Å². The summed E-state index contributed by atoms with van der Waals surface area (Å²) in [5.41, 5.74) is 3.31. The Hall–Kier alpha value is -2.42. The fourth-order valence-electron chi connectivity index (χ4n) is 2.10. The monoisotopic (exact) mass is 409 g/mol. The Balaban J connectivity index is 2.31. The summed E-state index contributed by atoms with van der Waals surface area (Å²) in [6, 6.07) is 3.60. The molecule has 134 valence electrons. The van der Waals surface area contributed by atoms with Crippen LogP contribution in [0.2, 0.25) is 0 Å². The maximum Gasteiger partial charge on any atom is 0.363 e. The van der Waals surface area contributed by atoms with Crippen LogP contribution in [0.25, 0.3) is 0 Å². The van der Waals surface area contributed by atoms with Crippen LogP contribution in [0.4, 0.5) is 5.82 Å². The predicted molar refractivity (Wildman–Crippen MR) is 99.8 cm³/mol. The number of H-pyrrole nitrogens is 1. The molecule has 0 spiro atoms. The molecule has 0 aliphatic carbocycles. The van der Waals surface area contributed by atoms with E-state index in [4.69, 9.17) is 9.47 Å². The molecule has 0 atom stereocenters. The first-order valence-electron chi connectivity index (χ1n) is 7.44. The van der Waals surface area contributed by atoms with Crippen molar-refractivity contribution < 1.29 is 9.47 Å². The molecule has 1 heterocycles. The van der Waals surface area contributed by atoms with Gasteiger partial charge in [-0.3, -0.25) is 5.43 Å². The number of nitrogens with one attached hydrogen (secondary N) is 2. The van der Waals surface area contributed by atoms with Crippen molar-refractivity contribution in [1.29, 1.82) is 0 Å². The minimum Gasteiger partial charge on any atom is -0.493 e. The molecule has 1 aromatic heterocycles. The van der Waals surface area contributed by atoms with Gasteiger partial charge in [0.15, 0.2) is 17.3 Å². The van der Waals surface area contributed by atoms with Crippen molar-refractivity contribution in [3.63, 3.8) is 0 Å². The number of anilines is 1. The third kappa shape index (κ3) is 4.36. The van der Waals surface area contributed by atoms with E-state index in [9.17, 15) is 4.79 Å². The second-order valence-electron chi connectivity index (χ2n) is 6.16. The number of aromatic nitrogens is 3.